The summed E-state index contributed by atoms with van der Waals surface area (Å²) in [5.41, 5.74) is 3.55. The second-order valence-corrected chi connectivity index (χ2v) is 5.86. The Labute approximate surface area is 129 Å². The van der Waals surface area contributed by atoms with Crippen LogP contribution in [-0.2, 0) is 16.2 Å². The number of amides is 1. The molecule has 0 aromatic heterocycles. The summed E-state index contributed by atoms with van der Waals surface area (Å²) in [4.78, 5) is 18.3. The van der Waals surface area contributed by atoms with Gasteiger partial charge in [-0.2, -0.15) is 0 Å². The molecule has 0 spiro atoms. The summed E-state index contributed by atoms with van der Waals surface area (Å²) in [6, 6.07) is 19.8. The summed E-state index contributed by atoms with van der Waals surface area (Å²) in [5, 5.41) is 0. The molecule has 0 heterocycles. The van der Waals surface area contributed by atoms with Gasteiger partial charge in [-0.15, -0.1) is 11.8 Å². The van der Waals surface area contributed by atoms with Gasteiger partial charge < -0.3 is 0 Å². The van der Waals surface area contributed by atoms with Crippen molar-refractivity contribution in [2.24, 2.45) is 5.92 Å². The van der Waals surface area contributed by atoms with Crippen molar-refractivity contribution in [3.05, 3.63) is 66.2 Å². The third-order valence-corrected chi connectivity index (χ3v) is 4.22. The molecule has 1 amide bonds. The van der Waals surface area contributed by atoms with E-state index in [-0.39, 0.29) is 11.8 Å². The first-order valence-corrected chi connectivity index (χ1v) is 7.87. The SMILES string of the molecule is CC(CSc1ccccc1)C(=O)NOCc1ccccc1. The lowest BCUT2D eigenvalue weighted by Crippen LogP contribution is -2.30. The third kappa shape index (κ3) is 5.61. The predicted molar refractivity (Wildman–Crippen MR) is 85.7 cm³/mol. The molecular weight excluding hydrogens is 282 g/mol. The van der Waals surface area contributed by atoms with Gasteiger partial charge in [-0.3, -0.25) is 9.63 Å². The third-order valence-electron chi connectivity index (χ3n) is 2.95. The van der Waals surface area contributed by atoms with Gasteiger partial charge in [0.25, 0.3) is 0 Å². The van der Waals surface area contributed by atoms with Crippen LogP contribution in [0.25, 0.3) is 0 Å². The molecular formula is C17H19NO2S. The minimum absolute atomic E-state index is 0.0886. The quantitative estimate of drug-likeness (QED) is 0.626. The Kier molecular flexibility index (Phi) is 6.31. The number of carbonyl (C=O) groups is 1. The molecule has 0 aliphatic rings. The zero-order valence-corrected chi connectivity index (χ0v) is 12.8. The van der Waals surface area contributed by atoms with E-state index >= 15 is 0 Å². The van der Waals surface area contributed by atoms with E-state index < -0.39 is 0 Å². The molecule has 1 unspecified atom stereocenters. The van der Waals surface area contributed by atoms with Crippen molar-refractivity contribution in [3.8, 4) is 0 Å². The van der Waals surface area contributed by atoms with Crippen LogP contribution in [0.3, 0.4) is 0 Å². The minimum Gasteiger partial charge on any atom is -0.272 e. The van der Waals surface area contributed by atoms with Crippen LogP contribution in [-0.4, -0.2) is 11.7 Å². The summed E-state index contributed by atoms with van der Waals surface area (Å²) in [7, 11) is 0. The first-order valence-electron chi connectivity index (χ1n) is 6.89. The average molecular weight is 301 g/mol. The van der Waals surface area contributed by atoms with E-state index in [4.69, 9.17) is 4.84 Å². The van der Waals surface area contributed by atoms with Gasteiger partial charge in [0.1, 0.15) is 0 Å². The van der Waals surface area contributed by atoms with Crippen molar-refractivity contribution in [2.75, 3.05) is 5.75 Å². The number of benzene rings is 2. The van der Waals surface area contributed by atoms with Crippen LogP contribution in [0.4, 0.5) is 0 Å². The van der Waals surface area contributed by atoms with Crippen LogP contribution in [0, 0.1) is 5.92 Å². The number of carbonyl (C=O) groups excluding carboxylic acids is 1. The van der Waals surface area contributed by atoms with Crippen molar-refractivity contribution >= 4 is 17.7 Å². The monoisotopic (exact) mass is 301 g/mol. The summed E-state index contributed by atoms with van der Waals surface area (Å²) in [6.07, 6.45) is 0. The second kappa shape index (κ2) is 8.49. The van der Waals surface area contributed by atoms with Gasteiger partial charge in [-0.1, -0.05) is 55.5 Å². The van der Waals surface area contributed by atoms with Crippen molar-refractivity contribution < 1.29 is 9.63 Å². The van der Waals surface area contributed by atoms with Gasteiger partial charge in [0, 0.05) is 16.6 Å². The Morgan fingerprint density at radius 2 is 1.71 bits per heavy atom. The first kappa shape index (κ1) is 15.6. The van der Waals surface area contributed by atoms with Crippen LogP contribution >= 0.6 is 11.8 Å². The van der Waals surface area contributed by atoms with E-state index in [1.807, 2.05) is 67.6 Å². The van der Waals surface area contributed by atoms with E-state index in [0.717, 1.165) is 11.3 Å². The van der Waals surface area contributed by atoms with E-state index in [2.05, 4.69) is 5.48 Å². The van der Waals surface area contributed by atoms with Gasteiger partial charge in [0.15, 0.2) is 0 Å². The van der Waals surface area contributed by atoms with E-state index in [0.29, 0.717) is 6.61 Å². The fourth-order valence-electron chi connectivity index (χ4n) is 1.68. The Hall–Kier alpha value is -1.78. The Morgan fingerprint density at radius 3 is 2.38 bits per heavy atom. The molecule has 2 aromatic carbocycles. The lowest BCUT2D eigenvalue weighted by Gasteiger charge is -2.12. The van der Waals surface area contributed by atoms with Gasteiger partial charge >= 0.3 is 0 Å². The van der Waals surface area contributed by atoms with Gasteiger partial charge in [-0.05, 0) is 17.7 Å². The summed E-state index contributed by atoms with van der Waals surface area (Å²) < 4.78 is 0. The lowest BCUT2D eigenvalue weighted by molar-refractivity contribution is -0.137. The Balaban J connectivity index is 1.68. The first-order chi connectivity index (χ1) is 10.3. The highest BCUT2D eigenvalue weighted by molar-refractivity contribution is 7.99. The maximum Gasteiger partial charge on any atom is 0.247 e. The summed E-state index contributed by atoms with van der Waals surface area (Å²) >= 11 is 1.67. The highest BCUT2D eigenvalue weighted by Gasteiger charge is 2.13. The lowest BCUT2D eigenvalue weighted by atomic mass is 10.2. The average Bonchev–Trinajstić information content (AvgIpc) is 2.54. The molecule has 0 saturated heterocycles. The Bertz CT molecular complexity index is 545. The van der Waals surface area contributed by atoms with Gasteiger partial charge in [0.05, 0.1) is 6.61 Å². The molecule has 21 heavy (non-hydrogen) atoms. The molecule has 110 valence electrons. The molecule has 0 saturated carbocycles. The molecule has 0 radical (unpaired) electrons. The number of thioether (sulfide) groups is 1. The largest absolute Gasteiger partial charge is 0.272 e. The zero-order chi connectivity index (χ0) is 14.9. The molecule has 2 rings (SSSR count). The number of rotatable bonds is 7. The fourth-order valence-corrected chi connectivity index (χ4v) is 2.62. The zero-order valence-electron chi connectivity index (χ0n) is 12.0. The molecule has 0 aliphatic carbocycles. The van der Waals surface area contributed by atoms with E-state index in [1.54, 1.807) is 11.8 Å². The van der Waals surface area contributed by atoms with Gasteiger partial charge in [-0.25, -0.2) is 5.48 Å². The highest BCUT2D eigenvalue weighted by Crippen LogP contribution is 2.20. The Morgan fingerprint density at radius 1 is 1.10 bits per heavy atom. The number of hydroxylamine groups is 1. The molecule has 1 atom stereocenters. The molecule has 4 heteroatoms. The van der Waals surface area contributed by atoms with Crippen LogP contribution in [0.2, 0.25) is 0 Å². The summed E-state index contributed by atoms with van der Waals surface area (Å²) in [6.45, 7) is 2.28. The number of hydrogen-bond acceptors (Lipinski definition) is 3. The standard InChI is InChI=1S/C17H19NO2S/c1-14(13-21-16-10-6-3-7-11-16)17(19)18-20-12-15-8-4-2-5-9-15/h2-11,14H,12-13H2,1H3,(H,18,19). The van der Waals surface area contributed by atoms with Gasteiger partial charge in [0.2, 0.25) is 5.91 Å². The van der Waals surface area contributed by atoms with Crippen LogP contribution < -0.4 is 5.48 Å². The predicted octanol–water partition coefficient (Wildman–Crippen LogP) is 3.66. The molecule has 2 aromatic rings. The fraction of sp³-hybridized carbons (Fsp3) is 0.235. The molecule has 3 nitrogen and oxygen atoms in total. The van der Waals surface area contributed by atoms with Crippen LogP contribution in [0.15, 0.2) is 65.6 Å². The van der Waals surface area contributed by atoms with E-state index in [9.17, 15) is 4.79 Å². The molecule has 1 N–H and O–H groups in total. The number of nitrogens with one attached hydrogen (secondary N) is 1. The maximum atomic E-state index is 11.9. The second-order valence-electron chi connectivity index (χ2n) is 4.77. The molecule has 0 fully saturated rings. The maximum absolute atomic E-state index is 11.9. The van der Waals surface area contributed by atoms with Crippen molar-refractivity contribution in [3.63, 3.8) is 0 Å². The summed E-state index contributed by atoms with van der Waals surface area (Å²) in [5.74, 6) is 0.533. The van der Waals surface area contributed by atoms with Crippen molar-refractivity contribution in [2.45, 2.75) is 18.4 Å². The number of hydrogen-bond donors (Lipinski definition) is 1. The van der Waals surface area contributed by atoms with Crippen molar-refractivity contribution in [1.29, 1.82) is 0 Å². The smallest absolute Gasteiger partial charge is 0.247 e. The van der Waals surface area contributed by atoms with E-state index in [1.165, 1.54) is 4.90 Å². The normalized spacial score (nSPS) is 11.9. The molecule has 0 aliphatic heterocycles. The topological polar surface area (TPSA) is 38.3 Å². The van der Waals surface area contributed by atoms with Crippen LogP contribution in [0.1, 0.15) is 12.5 Å². The van der Waals surface area contributed by atoms with Crippen LogP contribution in [0.5, 0.6) is 0 Å². The minimum atomic E-state index is -0.106. The van der Waals surface area contributed by atoms with Crippen molar-refractivity contribution in [1.82, 2.24) is 5.48 Å². The molecule has 0 bridgehead atoms. The highest BCUT2D eigenvalue weighted by atomic mass is 32.2.